The highest BCUT2D eigenvalue weighted by atomic mass is 16.5. The Hall–Kier alpha value is -1.84. The van der Waals surface area contributed by atoms with E-state index in [0.717, 1.165) is 31.9 Å². The van der Waals surface area contributed by atoms with E-state index in [9.17, 15) is 0 Å². The third-order valence-electron chi connectivity index (χ3n) is 4.87. The molecule has 1 unspecified atom stereocenters. The number of nitrogens with one attached hydrogen (secondary N) is 1. The second-order valence-electron chi connectivity index (χ2n) is 6.75. The minimum atomic E-state index is 0.240. The molecule has 0 aromatic heterocycles. The number of hydrogen-bond acceptors (Lipinski definition) is 3. The maximum atomic E-state index is 5.66. The summed E-state index contributed by atoms with van der Waals surface area (Å²) in [6, 6.07) is 17.8. The fourth-order valence-electron chi connectivity index (χ4n) is 3.48. The number of nitrogens with zero attached hydrogens (tertiary/aromatic N) is 1. The van der Waals surface area contributed by atoms with Crippen molar-refractivity contribution in [1.29, 1.82) is 0 Å². The van der Waals surface area contributed by atoms with E-state index in [2.05, 4.69) is 66.5 Å². The number of methoxy groups -OCH3 is 1. The molecule has 3 heteroatoms. The van der Waals surface area contributed by atoms with Crippen LogP contribution in [0.1, 0.15) is 42.5 Å². The van der Waals surface area contributed by atoms with Crippen LogP contribution >= 0.6 is 0 Å². The lowest BCUT2D eigenvalue weighted by molar-refractivity contribution is 0.195. The highest BCUT2D eigenvalue weighted by Crippen LogP contribution is 2.35. The Kier molecular flexibility index (Phi) is 5.54. The maximum Gasteiger partial charge on any atom is 0.123 e. The van der Waals surface area contributed by atoms with E-state index in [1.165, 1.54) is 16.7 Å². The highest BCUT2D eigenvalue weighted by Gasteiger charge is 2.26. The quantitative estimate of drug-likeness (QED) is 0.905. The number of piperazine rings is 1. The van der Waals surface area contributed by atoms with Gasteiger partial charge in [-0.2, -0.15) is 0 Å². The molecule has 1 atom stereocenters. The Balaban J connectivity index is 2.01. The smallest absolute Gasteiger partial charge is 0.123 e. The van der Waals surface area contributed by atoms with Crippen molar-refractivity contribution >= 4 is 0 Å². The summed E-state index contributed by atoms with van der Waals surface area (Å²) in [6.45, 7) is 8.65. The van der Waals surface area contributed by atoms with Crippen LogP contribution in [-0.4, -0.2) is 38.2 Å². The fourth-order valence-corrected chi connectivity index (χ4v) is 3.48. The van der Waals surface area contributed by atoms with Gasteiger partial charge in [0.15, 0.2) is 0 Å². The van der Waals surface area contributed by atoms with Gasteiger partial charge in [0.2, 0.25) is 0 Å². The molecule has 1 N–H and O–H groups in total. The van der Waals surface area contributed by atoms with E-state index < -0.39 is 0 Å². The number of para-hydroxylation sites is 1. The number of benzene rings is 2. The molecule has 24 heavy (non-hydrogen) atoms. The van der Waals surface area contributed by atoms with E-state index in [1.54, 1.807) is 7.11 Å². The molecule has 0 radical (unpaired) electrons. The van der Waals surface area contributed by atoms with E-state index in [-0.39, 0.29) is 6.04 Å². The standard InChI is InChI=1S/C21H28N2O/c1-16(2)17-8-10-18(11-9-17)21(23-14-12-22-13-15-23)19-6-4-5-7-20(19)24-3/h4-11,16,21-22H,12-15H2,1-3H3. The Labute approximate surface area is 145 Å². The molecule has 1 heterocycles. The summed E-state index contributed by atoms with van der Waals surface area (Å²) in [4.78, 5) is 2.55. The molecule has 0 aliphatic carbocycles. The second kappa shape index (κ2) is 7.82. The summed E-state index contributed by atoms with van der Waals surface area (Å²) in [5.74, 6) is 1.52. The molecule has 1 aliphatic heterocycles. The lowest BCUT2D eigenvalue weighted by Crippen LogP contribution is -2.45. The van der Waals surface area contributed by atoms with Gasteiger partial charge in [0.1, 0.15) is 5.75 Å². The summed E-state index contributed by atoms with van der Waals surface area (Å²) >= 11 is 0. The van der Waals surface area contributed by atoms with Crippen LogP contribution in [0, 0.1) is 0 Å². The third kappa shape index (κ3) is 3.63. The van der Waals surface area contributed by atoms with Gasteiger partial charge in [-0.05, 0) is 23.1 Å². The van der Waals surface area contributed by atoms with Crippen molar-refractivity contribution in [3.05, 3.63) is 65.2 Å². The third-order valence-corrected chi connectivity index (χ3v) is 4.87. The zero-order chi connectivity index (χ0) is 16.9. The summed E-state index contributed by atoms with van der Waals surface area (Å²) in [5, 5.41) is 3.45. The SMILES string of the molecule is COc1ccccc1C(c1ccc(C(C)C)cc1)N1CCNCC1. The Bertz CT molecular complexity index is 645. The fraction of sp³-hybridized carbons (Fsp3) is 0.429. The molecule has 1 fully saturated rings. The second-order valence-corrected chi connectivity index (χ2v) is 6.75. The molecule has 0 saturated carbocycles. The Morgan fingerprint density at radius 2 is 1.54 bits per heavy atom. The zero-order valence-corrected chi connectivity index (χ0v) is 15.0. The molecular weight excluding hydrogens is 296 g/mol. The Morgan fingerprint density at radius 1 is 0.917 bits per heavy atom. The van der Waals surface area contributed by atoms with Crippen LogP contribution in [0.4, 0.5) is 0 Å². The normalized spacial score (nSPS) is 17.0. The van der Waals surface area contributed by atoms with Crippen molar-refractivity contribution in [2.24, 2.45) is 0 Å². The van der Waals surface area contributed by atoms with E-state index >= 15 is 0 Å². The molecule has 1 saturated heterocycles. The summed E-state index contributed by atoms with van der Waals surface area (Å²) in [6.07, 6.45) is 0. The monoisotopic (exact) mass is 324 g/mol. The molecule has 2 aromatic carbocycles. The molecule has 2 aromatic rings. The van der Waals surface area contributed by atoms with Crippen molar-refractivity contribution in [2.75, 3.05) is 33.3 Å². The van der Waals surface area contributed by atoms with Crippen LogP contribution in [0.2, 0.25) is 0 Å². The van der Waals surface area contributed by atoms with Crippen LogP contribution in [0.3, 0.4) is 0 Å². The summed E-state index contributed by atoms with van der Waals surface area (Å²) in [7, 11) is 1.76. The van der Waals surface area contributed by atoms with Gasteiger partial charge in [-0.25, -0.2) is 0 Å². The molecule has 3 nitrogen and oxygen atoms in total. The number of ether oxygens (including phenoxy) is 1. The van der Waals surface area contributed by atoms with Crippen molar-refractivity contribution in [3.63, 3.8) is 0 Å². The lowest BCUT2D eigenvalue weighted by Gasteiger charge is -2.36. The van der Waals surface area contributed by atoms with Crippen LogP contribution < -0.4 is 10.1 Å². The molecule has 0 spiro atoms. The minimum Gasteiger partial charge on any atom is -0.496 e. The van der Waals surface area contributed by atoms with Crippen LogP contribution in [0.5, 0.6) is 5.75 Å². The van der Waals surface area contributed by atoms with E-state index in [0.29, 0.717) is 5.92 Å². The predicted molar refractivity (Wildman–Crippen MR) is 99.8 cm³/mol. The van der Waals surface area contributed by atoms with Crippen LogP contribution in [-0.2, 0) is 0 Å². The first kappa shape index (κ1) is 17.0. The van der Waals surface area contributed by atoms with Crippen LogP contribution in [0.25, 0.3) is 0 Å². The van der Waals surface area contributed by atoms with Gasteiger partial charge < -0.3 is 10.1 Å². The largest absolute Gasteiger partial charge is 0.496 e. The molecular formula is C21H28N2O. The van der Waals surface area contributed by atoms with Crippen molar-refractivity contribution in [3.8, 4) is 5.75 Å². The van der Waals surface area contributed by atoms with Gasteiger partial charge in [0, 0.05) is 31.7 Å². The van der Waals surface area contributed by atoms with E-state index in [1.807, 2.05) is 6.07 Å². The number of hydrogen-bond donors (Lipinski definition) is 1. The molecule has 3 rings (SSSR count). The maximum absolute atomic E-state index is 5.66. The van der Waals surface area contributed by atoms with Crippen molar-refractivity contribution in [1.82, 2.24) is 10.2 Å². The molecule has 128 valence electrons. The van der Waals surface area contributed by atoms with Crippen molar-refractivity contribution < 1.29 is 4.74 Å². The summed E-state index contributed by atoms with van der Waals surface area (Å²) < 4.78 is 5.66. The zero-order valence-electron chi connectivity index (χ0n) is 15.0. The average Bonchev–Trinajstić information content (AvgIpc) is 2.64. The predicted octanol–water partition coefficient (Wildman–Crippen LogP) is 3.81. The topological polar surface area (TPSA) is 24.5 Å². The van der Waals surface area contributed by atoms with Gasteiger partial charge in [0.25, 0.3) is 0 Å². The van der Waals surface area contributed by atoms with Gasteiger partial charge in [-0.1, -0.05) is 56.3 Å². The van der Waals surface area contributed by atoms with Gasteiger partial charge in [0.05, 0.1) is 13.2 Å². The first-order valence-electron chi connectivity index (χ1n) is 8.88. The first-order chi connectivity index (χ1) is 11.7. The van der Waals surface area contributed by atoms with Gasteiger partial charge in [-0.15, -0.1) is 0 Å². The molecule has 0 bridgehead atoms. The summed E-state index contributed by atoms with van der Waals surface area (Å²) in [5.41, 5.74) is 3.97. The lowest BCUT2D eigenvalue weighted by atomic mass is 9.93. The van der Waals surface area contributed by atoms with Gasteiger partial charge >= 0.3 is 0 Å². The first-order valence-corrected chi connectivity index (χ1v) is 8.88. The molecule has 0 amide bonds. The number of rotatable bonds is 5. The van der Waals surface area contributed by atoms with Crippen molar-refractivity contribution in [2.45, 2.75) is 25.8 Å². The minimum absolute atomic E-state index is 0.240. The highest BCUT2D eigenvalue weighted by molar-refractivity contribution is 5.42. The van der Waals surface area contributed by atoms with Crippen LogP contribution in [0.15, 0.2) is 48.5 Å². The van der Waals surface area contributed by atoms with E-state index in [4.69, 9.17) is 4.74 Å². The molecule has 1 aliphatic rings. The average molecular weight is 324 g/mol. The Morgan fingerprint density at radius 3 is 2.17 bits per heavy atom. The van der Waals surface area contributed by atoms with Gasteiger partial charge in [-0.3, -0.25) is 4.90 Å².